The largest absolute Gasteiger partial charge is 0.481 e. The summed E-state index contributed by atoms with van der Waals surface area (Å²) in [5, 5.41) is 21.9. The van der Waals surface area contributed by atoms with Gasteiger partial charge in [-0.1, -0.05) is 68.7 Å². The van der Waals surface area contributed by atoms with Crippen LogP contribution in [0, 0.1) is 52.3 Å². The lowest BCUT2D eigenvalue weighted by Crippen LogP contribution is -2.65. The molecule has 0 amide bonds. The summed E-state index contributed by atoms with van der Waals surface area (Å²) in [6.45, 7) is 19.1. The molecule has 1 saturated carbocycles. The Bertz CT molecular complexity index is 574. The second-order valence-corrected chi connectivity index (χ2v) is 12.2. The molecular formula is C27H50O4. The number of aliphatic carboxylic acids is 2. The van der Waals surface area contributed by atoms with Crippen molar-refractivity contribution in [1.29, 1.82) is 0 Å². The molecule has 0 aromatic rings. The van der Waals surface area contributed by atoms with Crippen molar-refractivity contribution in [1.82, 2.24) is 0 Å². The van der Waals surface area contributed by atoms with Crippen LogP contribution in [0.5, 0.6) is 0 Å². The first-order valence-electron chi connectivity index (χ1n) is 12.7. The quantitative estimate of drug-likeness (QED) is 0.333. The Kier molecular flexibility index (Phi) is 10.1. The molecule has 0 spiro atoms. The smallest absolute Gasteiger partial charge is 0.311 e. The van der Waals surface area contributed by atoms with Crippen LogP contribution in [0.4, 0.5) is 0 Å². The summed E-state index contributed by atoms with van der Waals surface area (Å²) in [4.78, 5) is 26.8. The van der Waals surface area contributed by atoms with Gasteiger partial charge in [0.25, 0.3) is 0 Å². The molecule has 31 heavy (non-hydrogen) atoms. The lowest BCUT2D eigenvalue weighted by molar-refractivity contribution is -0.210. The lowest BCUT2D eigenvalue weighted by Gasteiger charge is -2.59. The van der Waals surface area contributed by atoms with Gasteiger partial charge in [0.2, 0.25) is 0 Å². The molecule has 4 nitrogen and oxygen atoms in total. The van der Waals surface area contributed by atoms with Crippen molar-refractivity contribution in [3.05, 3.63) is 0 Å². The number of carboxylic acids is 2. The van der Waals surface area contributed by atoms with E-state index in [0.29, 0.717) is 30.1 Å². The number of hydrogen-bond acceptors (Lipinski definition) is 2. The van der Waals surface area contributed by atoms with Crippen LogP contribution in [-0.2, 0) is 9.59 Å². The van der Waals surface area contributed by atoms with E-state index in [9.17, 15) is 19.8 Å². The van der Waals surface area contributed by atoms with Crippen molar-refractivity contribution in [3.63, 3.8) is 0 Å². The first-order chi connectivity index (χ1) is 14.2. The zero-order valence-corrected chi connectivity index (χ0v) is 21.7. The maximum Gasteiger partial charge on any atom is 0.311 e. The van der Waals surface area contributed by atoms with Crippen molar-refractivity contribution in [2.24, 2.45) is 52.3 Å². The number of carbonyl (C=O) groups is 2. The molecule has 2 N–H and O–H groups in total. The minimum Gasteiger partial charge on any atom is -0.481 e. The third kappa shape index (κ3) is 5.66. The summed E-state index contributed by atoms with van der Waals surface area (Å²) in [6, 6.07) is 0. The maximum absolute atomic E-state index is 13.4. The zero-order chi connectivity index (χ0) is 24.1. The van der Waals surface area contributed by atoms with E-state index < -0.39 is 22.8 Å². The van der Waals surface area contributed by atoms with Crippen LogP contribution in [0.1, 0.15) is 107 Å². The Labute approximate surface area is 191 Å². The second kappa shape index (κ2) is 11.2. The highest BCUT2D eigenvalue weighted by Gasteiger charge is 2.70. The van der Waals surface area contributed by atoms with Gasteiger partial charge in [0.15, 0.2) is 0 Å². The van der Waals surface area contributed by atoms with Crippen molar-refractivity contribution >= 4 is 11.9 Å². The summed E-state index contributed by atoms with van der Waals surface area (Å²) in [6.07, 6.45) is 5.13. The molecule has 182 valence electrons. The Morgan fingerprint density at radius 1 is 0.742 bits per heavy atom. The molecule has 0 radical (unpaired) electrons. The highest BCUT2D eigenvalue weighted by atomic mass is 16.4. The van der Waals surface area contributed by atoms with Gasteiger partial charge in [-0.25, -0.2) is 0 Å². The summed E-state index contributed by atoms with van der Waals surface area (Å²) < 4.78 is 0. The molecule has 3 unspecified atom stereocenters. The van der Waals surface area contributed by atoms with Crippen molar-refractivity contribution in [2.45, 2.75) is 107 Å². The summed E-state index contributed by atoms with van der Waals surface area (Å²) in [7, 11) is 0. The monoisotopic (exact) mass is 438 g/mol. The number of rotatable bonds is 12. The highest BCUT2D eigenvalue weighted by molar-refractivity contribution is 5.88. The van der Waals surface area contributed by atoms with Crippen molar-refractivity contribution in [3.8, 4) is 0 Å². The molecule has 1 aliphatic carbocycles. The van der Waals surface area contributed by atoms with Gasteiger partial charge in [-0.3, -0.25) is 9.59 Å². The van der Waals surface area contributed by atoms with E-state index in [4.69, 9.17) is 0 Å². The molecule has 1 aliphatic rings. The van der Waals surface area contributed by atoms with Crippen LogP contribution in [0.3, 0.4) is 0 Å². The topological polar surface area (TPSA) is 74.6 Å². The summed E-state index contributed by atoms with van der Waals surface area (Å²) in [5.74, 6) is -0.850. The van der Waals surface area contributed by atoms with Gasteiger partial charge in [-0.05, 0) is 80.0 Å². The molecule has 4 heteroatoms. The zero-order valence-electron chi connectivity index (χ0n) is 21.7. The predicted octanol–water partition coefficient (Wildman–Crippen LogP) is 7.37. The van der Waals surface area contributed by atoms with Gasteiger partial charge in [0.1, 0.15) is 0 Å². The molecule has 1 rings (SSSR count). The fraction of sp³-hybridized carbons (Fsp3) is 0.926. The van der Waals surface area contributed by atoms with Gasteiger partial charge in [-0.15, -0.1) is 0 Å². The summed E-state index contributed by atoms with van der Waals surface area (Å²) >= 11 is 0. The molecule has 0 aromatic heterocycles. The van der Waals surface area contributed by atoms with E-state index >= 15 is 0 Å². The standard InChI is InChI=1S/C27H50O4/c1-17(2)13-22(14-18(3)4)26(24(28)29)12-10-11-21(9)27(26,25(30)31)23(15-19(5)6)16-20(7)8/h17-23H,10-16H2,1-9H3,(H,28,29)(H,30,31). The fourth-order valence-electron chi connectivity index (χ4n) is 7.15. The van der Waals surface area contributed by atoms with Crippen LogP contribution >= 0.6 is 0 Å². The third-order valence-corrected chi connectivity index (χ3v) is 7.82. The van der Waals surface area contributed by atoms with Crippen molar-refractivity contribution in [2.75, 3.05) is 0 Å². The van der Waals surface area contributed by atoms with E-state index in [1.807, 2.05) is 6.92 Å². The Balaban J connectivity index is 3.94. The molecule has 0 aliphatic heterocycles. The van der Waals surface area contributed by atoms with Crippen molar-refractivity contribution < 1.29 is 19.8 Å². The first-order valence-corrected chi connectivity index (χ1v) is 12.7. The first kappa shape index (κ1) is 28.0. The highest BCUT2D eigenvalue weighted by Crippen LogP contribution is 2.65. The van der Waals surface area contributed by atoms with Gasteiger partial charge in [-0.2, -0.15) is 0 Å². The average molecular weight is 439 g/mol. The Morgan fingerprint density at radius 2 is 1.13 bits per heavy atom. The number of hydrogen-bond donors (Lipinski definition) is 2. The SMILES string of the molecule is CC(C)CC(CC(C)C)C1(C(=O)O)CCCC(C)C1(C(=O)O)C(CC(C)C)CC(C)C. The second-order valence-electron chi connectivity index (χ2n) is 12.2. The van der Waals surface area contributed by atoms with Gasteiger partial charge >= 0.3 is 11.9 Å². The Morgan fingerprint density at radius 3 is 1.45 bits per heavy atom. The maximum atomic E-state index is 13.4. The molecular weight excluding hydrogens is 388 g/mol. The molecule has 3 atom stereocenters. The third-order valence-electron chi connectivity index (χ3n) is 7.82. The predicted molar refractivity (Wildman–Crippen MR) is 128 cm³/mol. The van der Waals surface area contributed by atoms with Crippen LogP contribution in [0.15, 0.2) is 0 Å². The molecule has 0 aromatic carbocycles. The normalized spacial score (nSPS) is 27.3. The van der Waals surface area contributed by atoms with E-state index in [0.717, 1.165) is 38.5 Å². The minimum atomic E-state index is -1.24. The number of carboxylic acid groups (broad SMARTS) is 2. The van der Waals surface area contributed by atoms with Gasteiger partial charge in [0, 0.05) is 0 Å². The molecule has 0 heterocycles. The molecule has 0 saturated heterocycles. The summed E-state index contributed by atoms with van der Waals surface area (Å²) in [5.41, 5.74) is -2.46. The van der Waals surface area contributed by atoms with E-state index in [-0.39, 0.29) is 17.8 Å². The van der Waals surface area contributed by atoms with E-state index in [1.165, 1.54) is 0 Å². The minimum absolute atomic E-state index is 0.134. The van der Waals surface area contributed by atoms with Crippen LogP contribution in [-0.4, -0.2) is 22.2 Å². The molecule has 0 bridgehead atoms. The average Bonchev–Trinajstić information content (AvgIpc) is 2.57. The van der Waals surface area contributed by atoms with Crippen LogP contribution < -0.4 is 0 Å². The van der Waals surface area contributed by atoms with E-state index in [1.54, 1.807) is 0 Å². The van der Waals surface area contributed by atoms with Gasteiger partial charge in [0.05, 0.1) is 10.8 Å². The van der Waals surface area contributed by atoms with Crippen LogP contribution in [0.2, 0.25) is 0 Å². The fourth-order valence-corrected chi connectivity index (χ4v) is 7.15. The van der Waals surface area contributed by atoms with Gasteiger partial charge < -0.3 is 10.2 Å². The molecule has 1 fully saturated rings. The Hall–Kier alpha value is -1.06. The van der Waals surface area contributed by atoms with E-state index in [2.05, 4.69) is 55.4 Å². The van der Waals surface area contributed by atoms with Crippen LogP contribution in [0.25, 0.3) is 0 Å². The lowest BCUT2D eigenvalue weighted by atomic mass is 9.41.